The molecule has 13 heavy (non-hydrogen) atoms. The van der Waals surface area contributed by atoms with E-state index in [1.165, 1.54) is 0 Å². The number of ether oxygens (including phenoxy) is 1. The highest BCUT2D eigenvalue weighted by Crippen LogP contribution is 2.05. The van der Waals surface area contributed by atoms with Gasteiger partial charge in [0.2, 0.25) is 0 Å². The van der Waals surface area contributed by atoms with Gasteiger partial charge in [-0.2, -0.15) is 0 Å². The first kappa shape index (κ1) is 13.1. The van der Waals surface area contributed by atoms with Crippen LogP contribution in [-0.2, 0) is 15.5 Å². The van der Waals surface area contributed by atoms with E-state index >= 15 is 0 Å². The molecule has 2 N–H and O–H groups in total. The molecule has 0 rings (SSSR count). The van der Waals surface area contributed by atoms with Crippen LogP contribution < -0.4 is 5.73 Å². The summed E-state index contributed by atoms with van der Waals surface area (Å²) in [6.07, 6.45) is 0.835. The minimum atomic E-state index is -0.760. The van der Waals surface area contributed by atoms with Crippen molar-refractivity contribution in [1.29, 1.82) is 0 Å². The molecule has 0 bridgehead atoms. The summed E-state index contributed by atoms with van der Waals surface area (Å²) in [5.41, 5.74) is 5.18. The van der Waals surface area contributed by atoms with Crippen LogP contribution in [-0.4, -0.2) is 34.5 Å². The molecule has 0 saturated heterocycles. The van der Waals surface area contributed by atoms with Crippen LogP contribution in [0, 0.1) is 0 Å². The van der Waals surface area contributed by atoms with Gasteiger partial charge in [0.1, 0.15) is 0 Å². The second-order valence-electron chi connectivity index (χ2n) is 3.95. The van der Waals surface area contributed by atoms with E-state index < -0.39 is 10.8 Å². The lowest BCUT2D eigenvalue weighted by Crippen LogP contribution is -2.23. The predicted molar refractivity (Wildman–Crippen MR) is 57.3 cm³/mol. The van der Waals surface area contributed by atoms with Crippen LogP contribution in [0.15, 0.2) is 0 Å². The number of nitrogens with two attached hydrogens (primary N) is 1. The molecular weight excluding hydrogens is 186 g/mol. The van der Waals surface area contributed by atoms with Crippen LogP contribution in [0.3, 0.4) is 0 Å². The lowest BCUT2D eigenvalue weighted by Gasteiger charge is -2.19. The topological polar surface area (TPSA) is 52.3 Å². The molecule has 1 atom stereocenters. The zero-order valence-corrected chi connectivity index (χ0v) is 9.65. The fourth-order valence-electron chi connectivity index (χ4n) is 0.787. The summed E-state index contributed by atoms with van der Waals surface area (Å²) in [5, 5.41) is 0. The second-order valence-corrected chi connectivity index (χ2v) is 5.65. The van der Waals surface area contributed by atoms with Crippen molar-refractivity contribution in [2.24, 2.45) is 5.73 Å². The molecule has 0 aromatic carbocycles. The monoisotopic (exact) mass is 207 g/mol. The van der Waals surface area contributed by atoms with E-state index in [0.29, 0.717) is 24.7 Å². The first-order chi connectivity index (χ1) is 5.95. The van der Waals surface area contributed by atoms with E-state index in [9.17, 15) is 4.21 Å². The Balaban J connectivity index is 3.37. The van der Waals surface area contributed by atoms with Crippen molar-refractivity contribution in [1.82, 2.24) is 0 Å². The molecule has 80 valence electrons. The van der Waals surface area contributed by atoms with Crippen molar-refractivity contribution in [2.75, 3.05) is 24.7 Å². The van der Waals surface area contributed by atoms with E-state index in [-0.39, 0.29) is 5.60 Å². The van der Waals surface area contributed by atoms with Gasteiger partial charge in [-0.05, 0) is 33.7 Å². The van der Waals surface area contributed by atoms with Crippen LogP contribution in [0.5, 0.6) is 0 Å². The lowest BCUT2D eigenvalue weighted by molar-refractivity contribution is 0.00669. The van der Waals surface area contributed by atoms with E-state index in [2.05, 4.69) is 0 Å². The van der Waals surface area contributed by atoms with Gasteiger partial charge in [0.05, 0.1) is 12.2 Å². The van der Waals surface area contributed by atoms with Crippen LogP contribution in [0.2, 0.25) is 0 Å². The van der Waals surface area contributed by atoms with Crippen LogP contribution in [0.4, 0.5) is 0 Å². The Bertz CT molecular complexity index is 154. The molecule has 0 heterocycles. The third-order valence-electron chi connectivity index (χ3n) is 1.42. The SMILES string of the molecule is CC(C)(C)OCCS(=O)CCCN. The molecule has 0 spiro atoms. The van der Waals surface area contributed by atoms with Gasteiger partial charge >= 0.3 is 0 Å². The molecule has 0 aromatic heterocycles. The molecule has 0 aromatic rings. The molecular formula is C9H21NO2S. The van der Waals surface area contributed by atoms with Crippen molar-refractivity contribution in [3.8, 4) is 0 Å². The van der Waals surface area contributed by atoms with Crippen LogP contribution in [0.25, 0.3) is 0 Å². The Kier molecular flexibility index (Phi) is 6.55. The Hall–Kier alpha value is 0.0700. The molecule has 0 aliphatic rings. The highest BCUT2D eigenvalue weighted by atomic mass is 32.2. The summed E-state index contributed by atoms with van der Waals surface area (Å²) in [7, 11) is -0.760. The molecule has 0 radical (unpaired) electrons. The van der Waals surface area contributed by atoms with Crippen molar-refractivity contribution < 1.29 is 8.95 Å². The summed E-state index contributed by atoms with van der Waals surface area (Å²) < 4.78 is 16.7. The average molecular weight is 207 g/mol. The summed E-state index contributed by atoms with van der Waals surface area (Å²) >= 11 is 0. The van der Waals surface area contributed by atoms with Gasteiger partial charge in [0, 0.05) is 22.3 Å². The number of hydrogen-bond donors (Lipinski definition) is 1. The molecule has 4 heteroatoms. The maximum atomic E-state index is 11.3. The number of rotatable bonds is 6. The summed E-state index contributed by atoms with van der Waals surface area (Å²) in [6, 6.07) is 0. The Morgan fingerprint density at radius 3 is 2.38 bits per heavy atom. The summed E-state index contributed by atoms with van der Waals surface area (Å²) in [5.74, 6) is 1.32. The second kappa shape index (κ2) is 6.51. The largest absolute Gasteiger partial charge is 0.375 e. The standard InChI is InChI=1S/C9H21NO2S/c1-9(2,3)12-6-8-13(11)7-4-5-10/h4-8,10H2,1-3H3. The summed E-state index contributed by atoms with van der Waals surface area (Å²) in [6.45, 7) is 7.17. The fourth-order valence-corrected chi connectivity index (χ4v) is 1.75. The molecule has 0 saturated carbocycles. The van der Waals surface area contributed by atoms with Gasteiger partial charge < -0.3 is 10.5 Å². The van der Waals surface area contributed by atoms with Crippen molar-refractivity contribution >= 4 is 10.8 Å². The quantitative estimate of drug-likeness (QED) is 0.704. The minimum absolute atomic E-state index is 0.127. The first-order valence-corrected chi connectivity index (χ1v) is 6.13. The molecule has 0 amide bonds. The van der Waals surface area contributed by atoms with Crippen molar-refractivity contribution in [3.05, 3.63) is 0 Å². The fraction of sp³-hybridized carbons (Fsp3) is 1.00. The lowest BCUT2D eigenvalue weighted by atomic mass is 10.2. The third-order valence-corrected chi connectivity index (χ3v) is 2.79. The van der Waals surface area contributed by atoms with E-state index in [1.807, 2.05) is 20.8 Å². The van der Waals surface area contributed by atoms with Crippen LogP contribution >= 0.6 is 0 Å². The smallest absolute Gasteiger partial charge is 0.0598 e. The Morgan fingerprint density at radius 1 is 1.31 bits per heavy atom. The van der Waals surface area contributed by atoms with Crippen molar-refractivity contribution in [3.63, 3.8) is 0 Å². The molecule has 3 nitrogen and oxygen atoms in total. The maximum absolute atomic E-state index is 11.3. The van der Waals surface area contributed by atoms with Gasteiger partial charge in [-0.25, -0.2) is 0 Å². The predicted octanol–water partition coefficient (Wildman–Crippen LogP) is 0.899. The van der Waals surface area contributed by atoms with E-state index in [4.69, 9.17) is 10.5 Å². The van der Waals surface area contributed by atoms with Gasteiger partial charge in [-0.15, -0.1) is 0 Å². The molecule has 0 aliphatic carbocycles. The normalized spacial score (nSPS) is 14.5. The molecule has 0 aliphatic heterocycles. The third kappa shape index (κ3) is 9.99. The molecule has 0 fully saturated rings. The molecule has 1 unspecified atom stereocenters. The average Bonchev–Trinajstić information content (AvgIpc) is 1.98. The van der Waals surface area contributed by atoms with Gasteiger partial charge in [0.15, 0.2) is 0 Å². The number of hydrogen-bond acceptors (Lipinski definition) is 3. The van der Waals surface area contributed by atoms with Crippen molar-refractivity contribution in [2.45, 2.75) is 32.8 Å². The first-order valence-electron chi connectivity index (χ1n) is 4.65. The maximum Gasteiger partial charge on any atom is 0.0598 e. The van der Waals surface area contributed by atoms with E-state index in [0.717, 1.165) is 6.42 Å². The zero-order chi connectivity index (χ0) is 10.3. The zero-order valence-electron chi connectivity index (χ0n) is 8.84. The minimum Gasteiger partial charge on any atom is -0.375 e. The van der Waals surface area contributed by atoms with Gasteiger partial charge in [-0.1, -0.05) is 0 Å². The van der Waals surface area contributed by atoms with E-state index in [1.54, 1.807) is 0 Å². The van der Waals surface area contributed by atoms with Gasteiger partial charge in [-0.3, -0.25) is 4.21 Å². The Morgan fingerprint density at radius 2 is 1.92 bits per heavy atom. The highest BCUT2D eigenvalue weighted by molar-refractivity contribution is 7.84. The van der Waals surface area contributed by atoms with Gasteiger partial charge in [0.25, 0.3) is 0 Å². The summed E-state index contributed by atoms with van der Waals surface area (Å²) in [4.78, 5) is 0. The highest BCUT2D eigenvalue weighted by Gasteiger charge is 2.10. The Labute approximate surface area is 83.5 Å². The van der Waals surface area contributed by atoms with Crippen LogP contribution in [0.1, 0.15) is 27.2 Å².